The summed E-state index contributed by atoms with van der Waals surface area (Å²) in [7, 11) is 0. The van der Waals surface area contributed by atoms with Crippen LogP contribution in [0.25, 0.3) is 0 Å². The lowest BCUT2D eigenvalue weighted by Gasteiger charge is -2.37. The Morgan fingerprint density at radius 2 is 1.92 bits per heavy atom. The summed E-state index contributed by atoms with van der Waals surface area (Å²) in [4.78, 5) is 61.2. The van der Waals surface area contributed by atoms with Gasteiger partial charge in [-0.2, -0.15) is 0 Å². The van der Waals surface area contributed by atoms with Crippen molar-refractivity contribution in [3.8, 4) is 0 Å². The molecule has 5 amide bonds. The lowest BCUT2D eigenvalue weighted by atomic mass is 9.91. The quantitative estimate of drug-likeness (QED) is 0.720. The van der Waals surface area contributed by atoms with Crippen LogP contribution in [0.5, 0.6) is 0 Å². The third-order valence-electron chi connectivity index (χ3n) is 4.07. The molecule has 2 atom stereocenters. The fourth-order valence-corrected chi connectivity index (χ4v) is 3.01. The van der Waals surface area contributed by atoms with E-state index in [9.17, 15) is 24.0 Å². The highest BCUT2D eigenvalue weighted by Crippen LogP contribution is 2.30. The summed E-state index contributed by atoms with van der Waals surface area (Å²) in [6.45, 7) is 1.27. The molecule has 2 heterocycles. The van der Waals surface area contributed by atoms with Crippen molar-refractivity contribution < 1.29 is 24.0 Å². The van der Waals surface area contributed by atoms with Crippen LogP contribution in [0.15, 0.2) is 24.3 Å². The van der Waals surface area contributed by atoms with E-state index in [1.807, 2.05) is 0 Å². The van der Waals surface area contributed by atoms with E-state index >= 15 is 0 Å². The minimum absolute atomic E-state index is 0.0416. The predicted octanol–water partition coefficient (Wildman–Crippen LogP) is -0.349. The van der Waals surface area contributed by atoms with Gasteiger partial charge in [0, 0.05) is 18.9 Å². The number of benzene rings is 1. The van der Waals surface area contributed by atoms with Gasteiger partial charge < -0.3 is 5.32 Å². The Bertz CT molecular complexity index is 773. The minimum atomic E-state index is -1.06. The Hall–Kier alpha value is -3.03. The molecule has 0 aliphatic carbocycles. The largest absolute Gasteiger partial charge is 0.341 e. The van der Waals surface area contributed by atoms with Gasteiger partial charge in [0.25, 0.3) is 11.8 Å². The number of hydrogen-bond acceptors (Lipinski definition) is 5. The number of piperidine rings is 1. The number of fused-ring (bicyclic) bond motifs is 1. The van der Waals surface area contributed by atoms with Crippen LogP contribution < -0.4 is 10.6 Å². The van der Waals surface area contributed by atoms with Gasteiger partial charge in [0.1, 0.15) is 12.1 Å². The molecule has 1 saturated heterocycles. The molecule has 2 N–H and O–H groups in total. The zero-order valence-corrected chi connectivity index (χ0v) is 12.9. The van der Waals surface area contributed by atoms with Crippen molar-refractivity contribution in [3.05, 3.63) is 35.4 Å². The fraction of sp³-hybridized carbons (Fsp3) is 0.312. The van der Waals surface area contributed by atoms with Crippen molar-refractivity contribution in [2.75, 3.05) is 0 Å². The van der Waals surface area contributed by atoms with Gasteiger partial charge in [-0.3, -0.25) is 34.2 Å². The predicted molar refractivity (Wildman–Crippen MR) is 80.3 cm³/mol. The fourth-order valence-electron chi connectivity index (χ4n) is 3.01. The van der Waals surface area contributed by atoms with Crippen molar-refractivity contribution >= 4 is 29.5 Å². The van der Waals surface area contributed by atoms with Gasteiger partial charge in [-0.05, 0) is 18.1 Å². The average molecular weight is 329 g/mol. The molecule has 1 fully saturated rings. The molecule has 1 aromatic rings. The third kappa shape index (κ3) is 2.55. The molecule has 24 heavy (non-hydrogen) atoms. The molecule has 0 radical (unpaired) electrons. The number of amides is 5. The van der Waals surface area contributed by atoms with Crippen LogP contribution >= 0.6 is 0 Å². The van der Waals surface area contributed by atoms with E-state index in [4.69, 9.17) is 0 Å². The first-order valence-corrected chi connectivity index (χ1v) is 7.47. The second-order valence-corrected chi connectivity index (χ2v) is 5.70. The molecular formula is C16H15N3O5. The Kier molecular flexibility index (Phi) is 3.88. The number of hydrogen-bond donors (Lipinski definition) is 2. The van der Waals surface area contributed by atoms with Gasteiger partial charge in [-0.15, -0.1) is 0 Å². The zero-order valence-electron chi connectivity index (χ0n) is 12.9. The van der Waals surface area contributed by atoms with Crippen LogP contribution in [0, 0.1) is 0 Å². The number of rotatable bonds is 2. The van der Waals surface area contributed by atoms with E-state index in [-0.39, 0.29) is 18.4 Å². The molecule has 3 rings (SSSR count). The van der Waals surface area contributed by atoms with E-state index in [1.54, 1.807) is 18.2 Å². The lowest BCUT2D eigenvalue weighted by Crippen LogP contribution is -2.60. The van der Waals surface area contributed by atoms with Crippen LogP contribution in [0.4, 0.5) is 0 Å². The maximum Gasteiger partial charge on any atom is 0.261 e. The van der Waals surface area contributed by atoms with E-state index in [1.165, 1.54) is 13.0 Å². The van der Waals surface area contributed by atoms with Crippen LogP contribution in [0.2, 0.25) is 0 Å². The highest BCUT2D eigenvalue weighted by molar-refractivity contribution is 6.15. The summed E-state index contributed by atoms with van der Waals surface area (Å²) in [5.41, 5.74) is 0.645. The average Bonchev–Trinajstić information content (AvgIpc) is 2.53. The summed E-state index contributed by atoms with van der Waals surface area (Å²) in [5.74, 6) is -2.84. The number of imide groups is 2. The molecular weight excluding hydrogens is 314 g/mol. The Labute approximate surface area is 137 Å². The summed E-state index contributed by atoms with van der Waals surface area (Å²) in [6, 6.07) is 4.33. The maximum absolute atomic E-state index is 12.8. The van der Waals surface area contributed by atoms with Crippen molar-refractivity contribution in [1.82, 2.24) is 15.5 Å². The minimum Gasteiger partial charge on any atom is -0.341 e. The first kappa shape index (κ1) is 15.9. The van der Waals surface area contributed by atoms with Crippen LogP contribution in [0.1, 0.15) is 41.7 Å². The first-order valence-electron chi connectivity index (χ1n) is 7.47. The van der Waals surface area contributed by atoms with Gasteiger partial charge in [-0.1, -0.05) is 18.2 Å². The molecule has 2 aliphatic heterocycles. The van der Waals surface area contributed by atoms with E-state index in [2.05, 4.69) is 10.6 Å². The highest BCUT2D eigenvalue weighted by atomic mass is 16.2. The molecule has 1 aromatic carbocycles. The van der Waals surface area contributed by atoms with Gasteiger partial charge in [0.05, 0.1) is 0 Å². The van der Waals surface area contributed by atoms with Crippen LogP contribution in [-0.2, 0) is 19.2 Å². The summed E-state index contributed by atoms with van der Waals surface area (Å²) >= 11 is 0. The summed E-state index contributed by atoms with van der Waals surface area (Å²) in [5, 5.41) is 4.66. The molecule has 0 aromatic heterocycles. The topological polar surface area (TPSA) is 113 Å². The molecule has 2 aliphatic rings. The van der Waals surface area contributed by atoms with Gasteiger partial charge in [0.15, 0.2) is 0 Å². The van der Waals surface area contributed by atoms with Gasteiger partial charge >= 0.3 is 0 Å². The second kappa shape index (κ2) is 5.88. The lowest BCUT2D eigenvalue weighted by molar-refractivity contribution is -0.145. The van der Waals surface area contributed by atoms with E-state index in [0.29, 0.717) is 5.56 Å². The van der Waals surface area contributed by atoms with Crippen LogP contribution in [-0.4, -0.2) is 40.5 Å². The normalized spacial score (nSPS) is 23.6. The highest BCUT2D eigenvalue weighted by Gasteiger charge is 2.45. The SMILES string of the molecule is CC(=O)NC1C(=O)N(C2CCC(=O)NC2=O)C(=O)c2ccccc21. The van der Waals surface area contributed by atoms with E-state index in [0.717, 1.165) is 4.90 Å². The molecule has 0 saturated carbocycles. The Balaban J connectivity index is 2.03. The smallest absolute Gasteiger partial charge is 0.261 e. The van der Waals surface area contributed by atoms with E-state index < -0.39 is 41.6 Å². The molecule has 0 bridgehead atoms. The number of nitrogens with zero attached hydrogens (tertiary/aromatic N) is 1. The number of carbonyl (C=O) groups is 5. The molecule has 124 valence electrons. The molecule has 8 heteroatoms. The van der Waals surface area contributed by atoms with Crippen molar-refractivity contribution in [2.24, 2.45) is 0 Å². The maximum atomic E-state index is 12.8. The Morgan fingerprint density at radius 1 is 1.21 bits per heavy atom. The first-order chi connectivity index (χ1) is 11.4. The molecule has 8 nitrogen and oxygen atoms in total. The number of carbonyl (C=O) groups excluding carboxylic acids is 5. The van der Waals surface area contributed by atoms with Gasteiger partial charge in [0.2, 0.25) is 17.7 Å². The second-order valence-electron chi connectivity index (χ2n) is 5.70. The Morgan fingerprint density at radius 3 is 2.58 bits per heavy atom. The summed E-state index contributed by atoms with van der Waals surface area (Å²) in [6.07, 6.45) is 0.108. The summed E-state index contributed by atoms with van der Waals surface area (Å²) < 4.78 is 0. The van der Waals surface area contributed by atoms with Crippen molar-refractivity contribution in [2.45, 2.75) is 31.8 Å². The van der Waals surface area contributed by atoms with Crippen LogP contribution in [0.3, 0.4) is 0 Å². The molecule has 2 unspecified atom stereocenters. The molecule has 0 spiro atoms. The monoisotopic (exact) mass is 329 g/mol. The van der Waals surface area contributed by atoms with Gasteiger partial charge in [-0.25, -0.2) is 0 Å². The van der Waals surface area contributed by atoms with Crippen molar-refractivity contribution in [1.29, 1.82) is 0 Å². The number of nitrogens with one attached hydrogen (secondary N) is 2. The zero-order chi connectivity index (χ0) is 17.4. The third-order valence-corrected chi connectivity index (χ3v) is 4.07. The van der Waals surface area contributed by atoms with Crippen molar-refractivity contribution in [3.63, 3.8) is 0 Å². The standard InChI is InChI=1S/C16H15N3O5/c1-8(20)17-13-9-4-2-3-5-10(9)15(23)19(16(13)24)11-6-7-12(21)18-14(11)22/h2-5,11,13H,6-7H2,1H3,(H,17,20)(H,18,21,22).